The summed E-state index contributed by atoms with van der Waals surface area (Å²) in [6.45, 7) is 10.2. The molecule has 0 fully saturated rings. The van der Waals surface area contributed by atoms with Crippen LogP contribution in [0.15, 0.2) is 41.0 Å². The van der Waals surface area contributed by atoms with Crippen LogP contribution in [0.2, 0.25) is 0 Å². The van der Waals surface area contributed by atoms with Crippen LogP contribution in [0.4, 0.5) is 5.82 Å². The lowest BCUT2D eigenvalue weighted by Crippen LogP contribution is -2.33. The number of aromatic nitrogens is 1. The maximum Gasteiger partial charge on any atom is 0.239 e. The molecule has 1 aromatic carbocycles. The molecule has 34 heavy (non-hydrogen) atoms. The molecule has 3 rings (SSSR count). The number of hydrogen-bond acceptors (Lipinski definition) is 6. The number of nitrogens with one attached hydrogen (secondary N) is 1. The second-order valence-electron chi connectivity index (χ2n) is 7.98. The third kappa shape index (κ3) is 5.61. The molecule has 1 amide bonds. The molecular formula is C26H32N4O4. The highest BCUT2D eigenvalue weighted by Crippen LogP contribution is 2.29. The quantitative estimate of drug-likeness (QED) is 0.450. The Kier molecular flexibility index (Phi) is 8.39. The van der Waals surface area contributed by atoms with Crippen molar-refractivity contribution >= 4 is 11.7 Å². The number of furan rings is 1. The molecule has 8 heteroatoms. The molecule has 0 atom stereocenters. The van der Waals surface area contributed by atoms with Gasteiger partial charge in [-0.05, 0) is 62.7 Å². The summed E-state index contributed by atoms with van der Waals surface area (Å²) < 4.78 is 18.4. The summed E-state index contributed by atoms with van der Waals surface area (Å²) >= 11 is 0. The predicted molar refractivity (Wildman–Crippen MR) is 130 cm³/mol. The summed E-state index contributed by atoms with van der Waals surface area (Å²) in [6.07, 6.45) is 1.61. The lowest BCUT2D eigenvalue weighted by atomic mass is 10.2. The summed E-state index contributed by atoms with van der Waals surface area (Å²) in [5.41, 5.74) is 3.24. The minimum atomic E-state index is -0.186. The van der Waals surface area contributed by atoms with E-state index in [0.29, 0.717) is 49.1 Å². The number of carbonyl (C=O) groups excluding carboxylic acids is 1. The molecule has 2 heterocycles. The average Bonchev–Trinajstić information content (AvgIpc) is 3.42. The highest BCUT2D eigenvalue weighted by Gasteiger charge is 2.21. The number of hydrogen-bond donors (Lipinski definition) is 1. The van der Waals surface area contributed by atoms with Gasteiger partial charge < -0.3 is 23.8 Å². The lowest BCUT2D eigenvalue weighted by Gasteiger charge is -2.21. The third-order valence-electron chi connectivity index (χ3n) is 5.84. The van der Waals surface area contributed by atoms with E-state index in [1.807, 2.05) is 67.5 Å². The van der Waals surface area contributed by atoms with Crippen LogP contribution in [-0.2, 0) is 17.9 Å². The van der Waals surface area contributed by atoms with Crippen molar-refractivity contribution in [2.24, 2.45) is 0 Å². The van der Waals surface area contributed by atoms with E-state index in [-0.39, 0.29) is 12.5 Å². The van der Waals surface area contributed by atoms with Crippen LogP contribution in [0.25, 0.3) is 0 Å². The zero-order valence-electron chi connectivity index (χ0n) is 20.5. The fourth-order valence-corrected chi connectivity index (χ4v) is 3.88. The number of rotatable bonds is 11. The molecule has 1 N–H and O–H groups in total. The summed E-state index contributed by atoms with van der Waals surface area (Å²) in [5.74, 6) is 2.42. The van der Waals surface area contributed by atoms with Crippen LogP contribution in [0.3, 0.4) is 0 Å². The van der Waals surface area contributed by atoms with E-state index in [0.717, 1.165) is 22.6 Å². The van der Waals surface area contributed by atoms with Gasteiger partial charge in [-0.15, -0.1) is 0 Å². The molecular weight excluding hydrogens is 432 g/mol. The van der Waals surface area contributed by atoms with Gasteiger partial charge in [-0.1, -0.05) is 13.0 Å². The summed E-state index contributed by atoms with van der Waals surface area (Å²) in [6, 6.07) is 11.7. The van der Waals surface area contributed by atoms with Crippen LogP contribution >= 0.6 is 0 Å². The van der Waals surface area contributed by atoms with Crippen molar-refractivity contribution in [3.8, 4) is 17.6 Å². The molecule has 0 saturated heterocycles. The van der Waals surface area contributed by atoms with Gasteiger partial charge in [-0.3, -0.25) is 9.69 Å². The van der Waals surface area contributed by atoms with E-state index < -0.39 is 0 Å². The first-order chi connectivity index (χ1) is 16.4. The van der Waals surface area contributed by atoms with Crippen molar-refractivity contribution < 1.29 is 18.7 Å². The van der Waals surface area contributed by atoms with Gasteiger partial charge in [-0.2, -0.15) is 5.26 Å². The molecule has 8 nitrogen and oxygen atoms in total. The van der Waals surface area contributed by atoms with E-state index in [4.69, 9.17) is 13.9 Å². The zero-order chi connectivity index (χ0) is 24.7. The fourth-order valence-electron chi connectivity index (χ4n) is 3.88. The van der Waals surface area contributed by atoms with Gasteiger partial charge in [0.25, 0.3) is 0 Å². The first-order valence-corrected chi connectivity index (χ1v) is 11.4. The molecule has 0 spiro atoms. The number of carbonyl (C=O) groups is 1. The Labute approximate surface area is 200 Å². The zero-order valence-corrected chi connectivity index (χ0v) is 20.5. The SMILES string of the molecule is CCOc1ccc(CN(CC)CC(=O)Nc2c(C#N)c(C)c(C)n2Cc2ccco2)cc1OC. The molecule has 3 aromatic rings. The minimum absolute atomic E-state index is 0.181. The van der Waals surface area contributed by atoms with Crippen molar-refractivity contribution in [2.75, 3.05) is 32.1 Å². The second-order valence-corrected chi connectivity index (χ2v) is 7.98. The number of amides is 1. The number of ether oxygens (including phenoxy) is 2. The fraction of sp³-hybridized carbons (Fsp3) is 0.385. The van der Waals surface area contributed by atoms with Crippen LogP contribution in [0, 0.1) is 25.2 Å². The molecule has 180 valence electrons. The van der Waals surface area contributed by atoms with E-state index >= 15 is 0 Å². The molecule has 0 radical (unpaired) electrons. The standard InChI is InChI=1S/C26H32N4O4/c1-6-29(15-20-10-11-23(33-7-2)24(13-20)32-5)17-25(31)28-26-22(14-27)18(3)19(4)30(26)16-21-9-8-12-34-21/h8-13H,6-7,15-17H2,1-5H3,(H,28,31). The van der Waals surface area contributed by atoms with Crippen LogP contribution in [-0.4, -0.2) is 42.2 Å². The number of methoxy groups -OCH3 is 1. The van der Waals surface area contributed by atoms with Crippen molar-refractivity contribution in [1.29, 1.82) is 5.26 Å². The summed E-state index contributed by atoms with van der Waals surface area (Å²) in [4.78, 5) is 15.1. The Hall–Kier alpha value is -3.70. The maximum absolute atomic E-state index is 13.0. The summed E-state index contributed by atoms with van der Waals surface area (Å²) in [7, 11) is 1.61. The second kappa shape index (κ2) is 11.4. The Morgan fingerprint density at radius 3 is 2.65 bits per heavy atom. The molecule has 0 saturated carbocycles. The summed E-state index contributed by atoms with van der Waals surface area (Å²) in [5, 5.41) is 12.7. The molecule has 0 aliphatic rings. The Balaban J connectivity index is 1.75. The van der Waals surface area contributed by atoms with Crippen molar-refractivity contribution in [2.45, 2.75) is 40.8 Å². The van der Waals surface area contributed by atoms with E-state index in [1.54, 1.807) is 13.4 Å². The van der Waals surface area contributed by atoms with Crippen LogP contribution in [0.5, 0.6) is 11.5 Å². The first-order valence-electron chi connectivity index (χ1n) is 11.4. The number of anilines is 1. The van der Waals surface area contributed by atoms with Crippen LogP contribution < -0.4 is 14.8 Å². The first kappa shape index (κ1) is 24.9. The molecule has 0 aliphatic carbocycles. The Morgan fingerprint density at radius 1 is 1.24 bits per heavy atom. The monoisotopic (exact) mass is 464 g/mol. The molecule has 2 aromatic heterocycles. The Morgan fingerprint density at radius 2 is 2.03 bits per heavy atom. The highest BCUT2D eigenvalue weighted by molar-refractivity contribution is 5.93. The van der Waals surface area contributed by atoms with Crippen molar-refractivity contribution in [1.82, 2.24) is 9.47 Å². The van der Waals surface area contributed by atoms with Gasteiger partial charge in [0.2, 0.25) is 5.91 Å². The number of nitriles is 1. The molecule has 0 aliphatic heterocycles. The number of nitrogens with zero attached hydrogens (tertiary/aromatic N) is 3. The predicted octanol–water partition coefficient (Wildman–Crippen LogP) is 4.49. The van der Waals surface area contributed by atoms with Crippen LogP contribution in [0.1, 0.15) is 42.0 Å². The third-order valence-corrected chi connectivity index (χ3v) is 5.84. The topological polar surface area (TPSA) is 92.7 Å². The normalized spacial score (nSPS) is 10.9. The molecule has 0 unspecified atom stereocenters. The van der Waals surface area contributed by atoms with Gasteiger partial charge in [0.05, 0.1) is 38.6 Å². The van der Waals surface area contributed by atoms with Gasteiger partial charge in [0, 0.05) is 12.2 Å². The van der Waals surface area contributed by atoms with Crippen molar-refractivity contribution in [3.63, 3.8) is 0 Å². The Bertz CT molecular complexity index is 1160. The van der Waals surface area contributed by atoms with Gasteiger partial charge in [-0.25, -0.2) is 0 Å². The smallest absolute Gasteiger partial charge is 0.239 e. The molecule has 0 bridgehead atoms. The minimum Gasteiger partial charge on any atom is -0.493 e. The van der Waals surface area contributed by atoms with E-state index in [1.165, 1.54) is 0 Å². The number of likely N-dealkylation sites (N-methyl/N-ethyl adjacent to an activating group) is 1. The van der Waals surface area contributed by atoms with E-state index in [9.17, 15) is 10.1 Å². The lowest BCUT2D eigenvalue weighted by molar-refractivity contribution is -0.117. The van der Waals surface area contributed by atoms with Crippen molar-refractivity contribution in [3.05, 3.63) is 64.7 Å². The largest absolute Gasteiger partial charge is 0.493 e. The van der Waals surface area contributed by atoms with E-state index in [2.05, 4.69) is 11.4 Å². The maximum atomic E-state index is 13.0. The number of benzene rings is 1. The van der Waals surface area contributed by atoms with Gasteiger partial charge >= 0.3 is 0 Å². The highest BCUT2D eigenvalue weighted by atomic mass is 16.5. The van der Waals surface area contributed by atoms with Gasteiger partial charge in [0.1, 0.15) is 17.6 Å². The van der Waals surface area contributed by atoms with Gasteiger partial charge in [0.15, 0.2) is 11.5 Å². The average molecular weight is 465 g/mol.